The molecule has 2 aromatic carbocycles. The van der Waals surface area contributed by atoms with Gasteiger partial charge in [-0.25, -0.2) is 0 Å². The van der Waals surface area contributed by atoms with E-state index in [0.717, 1.165) is 0 Å². The third kappa shape index (κ3) is 2.98. The molecule has 0 atom stereocenters. The van der Waals surface area contributed by atoms with Crippen molar-refractivity contribution in [3.8, 4) is 11.1 Å². The average Bonchev–Trinajstić information content (AvgIpc) is 2.29. The molecule has 0 radical (unpaired) electrons. The molecule has 0 heterocycles. The summed E-state index contributed by atoms with van der Waals surface area (Å²) in [7, 11) is 0. The summed E-state index contributed by atoms with van der Waals surface area (Å²) in [5.41, 5.74) is 6.67. The highest BCUT2D eigenvalue weighted by atomic mass is 35.5. The molecule has 98 valence electrons. The average molecular weight is 335 g/mol. The van der Waals surface area contributed by atoms with Crippen molar-refractivity contribution in [1.29, 1.82) is 0 Å². The minimum atomic E-state index is -0.554. The molecule has 2 aromatic rings. The van der Waals surface area contributed by atoms with Crippen LogP contribution in [-0.4, -0.2) is 5.91 Å². The fraction of sp³-hybridized carbons (Fsp3) is 0. The van der Waals surface area contributed by atoms with Gasteiger partial charge in [0, 0.05) is 26.7 Å². The molecule has 0 aliphatic heterocycles. The van der Waals surface area contributed by atoms with Crippen molar-refractivity contribution in [2.45, 2.75) is 0 Å². The van der Waals surface area contributed by atoms with Gasteiger partial charge >= 0.3 is 0 Å². The Bertz CT molecular complexity index is 647. The van der Waals surface area contributed by atoms with Gasteiger partial charge in [0.25, 0.3) is 0 Å². The van der Waals surface area contributed by atoms with Crippen molar-refractivity contribution in [1.82, 2.24) is 0 Å². The quantitative estimate of drug-likeness (QED) is 0.818. The maximum absolute atomic E-state index is 11.1. The minimum Gasteiger partial charge on any atom is -0.366 e. The second kappa shape index (κ2) is 5.59. The van der Waals surface area contributed by atoms with E-state index in [9.17, 15) is 4.79 Å². The molecule has 0 bridgehead atoms. The fourth-order valence-corrected chi connectivity index (χ4v) is 2.97. The molecule has 19 heavy (non-hydrogen) atoms. The van der Waals surface area contributed by atoms with Gasteiger partial charge in [0.1, 0.15) is 0 Å². The van der Waals surface area contributed by atoms with Crippen LogP contribution in [0.2, 0.25) is 20.1 Å². The Labute approximate surface area is 130 Å². The van der Waals surface area contributed by atoms with E-state index in [1.165, 1.54) is 6.07 Å². The van der Waals surface area contributed by atoms with E-state index in [1.807, 2.05) is 0 Å². The highest BCUT2D eigenvalue weighted by Crippen LogP contribution is 2.40. The van der Waals surface area contributed by atoms with Crippen LogP contribution in [0.1, 0.15) is 10.4 Å². The number of nitrogens with two attached hydrogens (primary N) is 1. The van der Waals surface area contributed by atoms with Gasteiger partial charge in [0.05, 0.1) is 10.0 Å². The van der Waals surface area contributed by atoms with Gasteiger partial charge in [-0.15, -0.1) is 0 Å². The number of carbonyl (C=O) groups is 1. The zero-order valence-corrected chi connectivity index (χ0v) is 12.4. The standard InChI is InChI=1S/C13H7Cl4NO/c14-7-4-10(16)12(11(17)5-7)8-2-1-6(13(18)19)3-9(8)15/h1-5H,(H2,18,19). The Kier molecular flexibility index (Phi) is 4.26. The smallest absolute Gasteiger partial charge is 0.248 e. The number of primary amides is 1. The molecule has 0 saturated carbocycles. The van der Waals surface area contributed by atoms with Crippen molar-refractivity contribution in [3.63, 3.8) is 0 Å². The van der Waals surface area contributed by atoms with Crippen molar-refractivity contribution in [3.05, 3.63) is 56.0 Å². The summed E-state index contributed by atoms with van der Waals surface area (Å²) in [4.78, 5) is 11.1. The molecule has 0 aliphatic carbocycles. The van der Waals surface area contributed by atoms with Crippen LogP contribution in [0.3, 0.4) is 0 Å². The lowest BCUT2D eigenvalue weighted by molar-refractivity contribution is 0.100. The lowest BCUT2D eigenvalue weighted by Crippen LogP contribution is -2.10. The van der Waals surface area contributed by atoms with Gasteiger partial charge < -0.3 is 5.73 Å². The van der Waals surface area contributed by atoms with Crippen LogP contribution < -0.4 is 5.73 Å². The van der Waals surface area contributed by atoms with Crippen LogP contribution in [0.5, 0.6) is 0 Å². The molecule has 0 spiro atoms. The molecule has 0 aromatic heterocycles. The van der Waals surface area contributed by atoms with E-state index in [2.05, 4.69) is 0 Å². The zero-order valence-electron chi connectivity index (χ0n) is 9.38. The molecular formula is C13H7Cl4NO. The molecule has 0 saturated heterocycles. The number of hydrogen-bond acceptors (Lipinski definition) is 1. The lowest BCUT2D eigenvalue weighted by atomic mass is 10.0. The predicted octanol–water partition coefficient (Wildman–Crippen LogP) is 5.07. The lowest BCUT2D eigenvalue weighted by Gasteiger charge is -2.10. The van der Waals surface area contributed by atoms with Crippen molar-refractivity contribution in [2.24, 2.45) is 5.73 Å². The predicted molar refractivity (Wildman–Crippen MR) is 80.4 cm³/mol. The largest absolute Gasteiger partial charge is 0.366 e. The SMILES string of the molecule is NC(=O)c1ccc(-c2c(Cl)cc(Cl)cc2Cl)c(Cl)c1. The Morgan fingerprint density at radius 3 is 1.95 bits per heavy atom. The van der Waals surface area contributed by atoms with Gasteiger partial charge in [0.15, 0.2) is 0 Å². The summed E-state index contributed by atoms with van der Waals surface area (Å²) in [6.45, 7) is 0. The summed E-state index contributed by atoms with van der Waals surface area (Å²) in [6.07, 6.45) is 0. The van der Waals surface area contributed by atoms with Crippen molar-refractivity contribution in [2.75, 3.05) is 0 Å². The van der Waals surface area contributed by atoms with Crippen LogP contribution in [0, 0.1) is 0 Å². The van der Waals surface area contributed by atoms with Crippen molar-refractivity contribution >= 4 is 52.3 Å². The van der Waals surface area contributed by atoms with Gasteiger partial charge in [-0.1, -0.05) is 52.5 Å². The summed E-state index contributed by atoms with van der Waals surface area (Å²) in [5.74, 6) is -0.554. The number of carbonyl (C=O) groups excluding carboxylic acids is 1. The van der Waals surface area contributed by atoms with E-state index < -0.39 is 5.91 Å². The minimum absolute atomic E-state index is 0.315. The first-order valence-corrected chi connectivity index (χ1v) is 6.65. The molecule has 2 N–H and O–H groups in total. The van der Waals surface area contributed by atoms with Crippen LogP contribution >= 0.6 is 46.4 Å². The molecule has 1 amide bonds. The second-order valence-electron chi connectivity index (χ2n) is 3.80. The first-order valence-electron chi connectivity index (χ1n) is 5.14. The molecule has 2 rings (SSSR count). The summed E-state index contributed by atoms with van der Waals surface area (Å²) in [6, 6.07) is 7.82. The topological polar surface area (TPSA) is 43.1 Å². The summed E-state index contributed by atoms with van der Waals surface area (Å²) < 4.78 is 0. The number of amides is 1. The monoisotopic (exact) mass is 333 g/mol. The summed E-state index contributed by atoms with van der Waals surface area (Å²) in [5, 5.41) is 1.53. The van der Waals surface area contributed by atoms with Gasteiger partial charge in [-0.3, -0.25) is 4.79 Å². The van der Waals surface area contributed by atoms with E-state index in [-0.39, 0.29) is 0 Å². The second-order valence-corrected chi connectivity index (χ2v) is 5.46. The maximum atomic E-state index is 11.1. The highest BCUT2D eigenvalue weighted by molar-refractivity contribution is 6.43. The number of hydrogen-bond donors (Lipinski definition) is 1. The van der Waals surface area contributed by atoms with Crippen LogP contribution in [0.15, 0.2) is 30.3 Å². The Balaban J connectivity index is 2.63. The van der Waals surface area contributed by atoms with E-state index in [0.29, 0.717) is 36.8 Å². The number of rotatable bonds is 2. The third-order valence-electron chi connectivity index (χ3n) is 2.53. The number of halogens is 4. The number of benzene rings is 2. The van der Waals surface area contributed by atoms with Crippen LogP contribution in [0.4, 0.5) is 0 Å². The van der Waals surface area contributed by atoms with E-state index in [1.54, 1.807) is 24.3 Å². The molecule has 2 nitrogen and oxygen atoms in total. The molecule has 0 aliphatic rings. The maximum Gasteiger partial charge on any atom is 0.248 e. The van der Waals surface area contributed by atoms with E-state index >= 15 is 0 Å². The zero-order chi connectivity index (χ0) is 14.2. The third-order valence-corrected chi connectivity index (χ3v) is 3.66. The van der Waals surface area contributed by atoms with Crippen molar-refractivity contribution < 1.29 is 4.79 Å². The first-order chi connectivity index (χ1) is 8.90. The van der Waals surface area contributed by atoms with Crippen LogP contribution in [0.25, 0.3) is 11.1 Å². The Morgan fingerprint density at radius 1 is 0.895 bits per heavy atom. The highest BCUT2D eigenvalue weighted by Gasteiger charge is 2.14. The van der Waals surface area contributed by atoms with Gasteiger partial charge in [-0.2, -0.15) is 0 Å². The Morgan fingerprint density at radius 2 is 1.47 bits per heavy atom. The normalized spacial score (nSPS) is 10.5. The summed E-state index contributed by atoms with van der Waals surface area (Å²) >= 11 is 24.2. The fourth-order valence-electron chi connectivity index (χ4n) is 1.67. The Hall–Kier alpha value is -0.930. The molecule has 0 fully saturated rings. The molecule has 6 heteroatoms. The van der Waals surface area contributed by atoms with Crippen LogP contribution in [-0.2, 0) is 0 Å². The van der Waals surface area contributed by atoms with Gasteiger partial charge in [-0.05, 0) is 24.3 Å². The first kappa shape index (κ1) is 14.5. The molecular weight excluding hydrogens is 328 g/mol. The molecule has 0 unspecified atom stereocenters. The van der Waals surface area contributed by atoms with E-state index in [4.69, 9.17) is 52.1 Å². The van der Waals surface area contributed by atoms with Gasteiger partial charge in [0.2, 0.25) is 5.91 Å².